The van der Waals surface area contributed by atoms with E-state index >= 15 is 0 Å². The van der Waals surface area contributed by atoms with Gasteiger partial charge >= 0.3 is 0 Å². The zero-order valence-corrected chi connectivity index (χ0v) is 7.64. The van der Waals surface area contributed by atoms with Gasteiger partial charge in [-0.05, 0) is 26.2 Å². The summed E-state index contributed by atoms with van der Waals surface area (Å²) in [7, 11) is 0. The molecule has 62 valence electrons. The summed E-state index contributed by atoms with van der Waals surface area (Å²) in [6, 6.07) is 2.06. The number of rotatable bonds is 3. The van der Waals surface area contributed by atoms with E-state index < -0.39 is 5.41 Å². The maximum atomic E-state index is 11.0. The molecule has 0 rings (SSSR count). The number of hydrogen-bond donors (Lipinski definition) is 0. The highest BCUT2D eigenvalue weighted by molar-refractivity contribution is 5.84. The Kier molecular flexibility index (Phi) is 3.25. The summed E-state index contributed by atoms with van der Waals surface area (Å²) < 4.78 is 0. The standard InChI is InChI=1S/C9H15NO/c1-7(2)5-9(4,6-10)8(3)11/h7H,5H2,1-4H3. The summed E-state index contributed by atoms with van der Waals surface area (Å²) in [5, 5.41) is 8.73. The van der Waals surface area contributed by atoms with Crippen molar-refractivity contribution in [3.8, 4) is 6.07 Å². The Morgan fingerprint density at radius 1 is 1.64 bits per heavy atom. The molecule has 2 heteroatoms. The van der Waals surface area contributed by atoms with E-state index in [9.17, 15) is 4.79 Å². The Hall–Kier alpha value is -0.840. The molecule has 0 aromatic carbocycles. The molecule has 1 atom stereocenters. The van der Waals surface area contributed by atoms with Crippen LogP contribution in [-0.2, 0) is 4.79 Å². The Morgan fingerprint density at radius 2 is 2.09 bits per heavy atom. The first-order chi connectivity index (χ1) is 4.92. The lowest BCUT2D eigenvalue weighted by atomic mass is 9.80. The molecule has 0 aliphatic heterocycles. The van der Waals surface area contributed by atoms with Gasteiger partial charge in [0.1, 0.15) is 11.2 Å². The van der Waals surface area contributed by atoms with E-state index in [1.165, 1.54) is 6.92 Å². The number of nitrogens with zero attached hydrogens (tertiary/aromatic N) is 1. The van der Waals surface area contributed by atoms with Crippen molar-refractivity contribution in [3.05, 3.63) is 0 Å². The molecule has 11 heavy (non-hydrogen) atoms. The highest BCUT2D eigenvalue weighted by Crippen LogP contribution is 2.25. The molecule has 0 radical (unpaired) electrons. The number of carbonyl (C=O) groups excluding carboxylic acids is 1. The van der Waals surface area contributed by atoms with Crippen LogP contribution in [0.15, 0.2) is 0 Å². The number of ketones is 1. The zero-order valence-electron chi connectivity index (χ0n) is 7.64. The molecule has 1 unspecified atom stereocenters. The van der Waals surface area contributed by atoms with Gasteiger partial charge in [-0.1, -0.05) is 13.8 Å². The minimum absolute atomic E-state index is 0.0336. The van der Waals surface area contributed by atoms with Crippen LogP contribution in [0.3, 0.4) is 0 Å². The molecule has 0 aliphatic rings. The fourth-order valence-electron chi connectivity index (χ4n) is 1.08. The fraction of sp³-hybridized carbons (Fsp3) is 0.778. The predicted molar refractivity (Wildman–Crippen MR) is 43.9 cm³/mol. The number of Topliss-reactive ketones (excluding diaryl/α,β-unsaturated/α-hetero) is 1. The van der Waals surface area contributed by atoms with Crippen LogP contribution in [0.4, 0.5) is 0 Å². The van der Waals surface area contributed by atoms with Gasteiger partial charge < -0.3 is 0 Å². The van der Waals surface area contributed by atoms with Crippen LogP contribution < -0.4 is 0 Å². The highest BCUT2D eigenvalue weighted by atomic mass is 16.1. The summed E-state index contributed by atoms with van der Waals surface area (Å²) in [6.45, 7) is 7.21. The molecule has 0 fully saturated rings. The van der Waals surface area contributed by atoms with Crippen molar-refractivity contribution in [1.29, 1.82) is 5.26 Å². The minimum atomic E-state index is -0.770. The van der Waals surface area contributed by atoms with Gasteiger partial charge in [-0.15, -0.1) is 0 Å². The van der Waals surface area contributed by atoms with Crippen molar-refractivity contribution in [3.63, 3.8) is 0 Å². The van der Waals surface area contributed by atoms with Gasteiger partial charge in [0.05, 0.1) is 6.07 Å². The summed E-state index contributed by atoms with van der Waals surface area (Å²) in [6.07, 6.45) is 0.652. The summed E-state index contributed by atoms with van der Waals surface area (Å²) >= 11 is 0. The van der Waals surface area contributed by atoms with Crippen LogP contribution in [0.1, 0.15) is 34.1 Å². The average molecular weight is 153 g/mol. The molecule has 0 saturated heterocycles. The molecule has 0 saturated carbocycles. The normalized spacial score (nSPS) is 15.6. The monoisotopic (exact) mass is 153 g/mol. The van der Waals surface area contributed by atoms with Crippen LogP contribution in [0.25, 0.3) is 0 Å². The Bertz CT molecular complexity index is 190. The van der Waals surface area contributed by atoms with Crippen molar-refractivity contribution in [2.45, 2.75) is 34.1 Å². The summed E-state index contributed by atoms with van der Waals surface area (Å²) in [5.74, 6) is 0.359. The molecular weight excluding hydrogens is 138 g/mol. The lowest BCUT2D eigenvalue weighted by Crippen LogP contribution is -2.25. The number of nitriles is 1. The van der Waals surface area contributed by atoms with Gasteiger partial charge in [0.25, 0.3) is 0 Å². The predicted octanol–water partition coefficient (Wildman–Crippen LogP) is 2.15. The van der Waals surface area contributed by atoms with Gasteiger partial charge in [-0.3, -0.25) is 4.79 Å². The first-order valence-electron chi connectivity index (χ1n) is 3.84. The van der Waals surface area contributed by atoms with Crippen molar-refractivity contribution >= 4 is 5.78 Å². The third kappa shape index (κ3) is 2.71. The largest absolute Gasteiger partial charge is 0.298 e. The topological polar surface area (TPSA) is 40.9 Å². The van der Waals surface area contributed by atoms with E-state index in [4.69, 9.17) is 5.26 Å². The van der Waals surface area contributed by atoms with Crippen LogP contribution in [0.5, 0.6) is 0 Å². The molecule has 2 nitrogen and oxygen atoms in total. The minimum Gasteiger partial charge on any atom is -0.298 e. The van der Waals surface area contributed by atoms with Crippen LogP contribution in [0, 0.1) is 22.7 Å². The van der Waals surface area contributed by atoms with Gasteiger partial charge in [0, 0.05) is 0 Å². The summed E-state index contributed by atoms with van der Waals surface area (Å²) in [4.78, 5) is 11.0. The van der Waals surface area contributed by atoms with Gasteiger partial charge in [0.15, 0.2) is 0 Å². The third-order valence-electron chi connectivity index (χ3n) is 1.84. The Labute approximate surface area is 68.2 Å². The van der Waals surface area contributed by atoms with Crippen LogP contribution in [0.2, 0.25) is 0 Å². The molecular formula is C9H15NO. The zero-order chi connectivity index (χ0) is 9.07. The molecule has 0 heterocycles. The fourth-order valence-corrected chi connectivity index (χ4v) is 1.08. The number of carbonyl (C=O) groups is 1. The SMILES string of the molecule is CC(=O)C(C)(C#N)CC(C)C. The van der Waals surface area contributed by atoms with Gasteiger partial charge in [0.2, 0.25) is 0 Å². The highest BCUT2D eigenvalue weighted by Gasteiger charge is 2.30. The van der Waals surface area contributed by atoms with Crippen LogP contribution >= 0.6 is 0 Å². The molecule has 0 aromatic rings. The molecule has 0 bridgehead atoms. The summed E-state index contributed by atoms with van der Waals surface area (Å²) in [5.41, 5.74) is -0.770. The maximum absolute atomic E-state index is 11.0. The molecule has 0 aliphatic carbocycles. The van der Waals surface area contributed by atoms with Gasteiger partial charge in [-0.25, -0.2) is 0 Å². The Morgan fingerprint density at radius 3 is 2.18 bits per heavy atom. The molecule has 0 amide bonds. The van der Waals surface area contributed by atoms with Gasteiger partial charge in [-0.2, -0.15) is 5.26 Å². The first kappa shape index (κ1) is 10.2. The number of hydrogen-bond acceptors (Lipinski definition) is 2. The average Bonchev–Trinajstić information content (AvgIpc) is 1.86. The van der Waals surface area contributed by atoms with Crippen LogP contribution in [-0.4, -0.2) is 5.78 Å². The van der Waals surface area contributed by atoms with E-state index in [0.717, 1.165) is 0 Å². The van der Waals surface area contributed by atoms with Crippen molar-refractivity contribution < 1.29 is 4.79 Å². The quantitative estimate of drug-likeness (QED) is 0.623. The molecule has 0 N–H and O–H groups in total. The van der Waals surface area contributed by atoms with Crippen molar-refractivity contribution in [1.82, 2.24) is 0 Å². The second kappa shape index (κ2) is 3.52. The Balaban J connectivity index is 4.39. The second-order valence-electron chi connectivity index (χ2n) is 3.60. The van der Waals surface area contributed by atoms with E-state index in [-0.39, 0.29) is 5.78 Å². The van der Waals surface area contributed by atoms with Crippen molar-refractivity contribution in [2.75, 3.05) is 0 Å². The second-order valence-corrected chi connectivity index (χ2v) is 3.60. The smallest absolute Gasteiger partial charge is 0.149 e. The van der Waals surface area contributed by atoms with E-state index in [2.05, 4.69) is 6.07 Å². The molecule has 0 aromatic heterocycles. The lowest BCUT2D eigenvalue weighted by molar-refractivity contribution is -0.123. The maximum Gasteiger partial charge on any atom is 0.149 e. The first-order valence-corrected chi connectivity index (χ1v) is 3.84. The van der Waals surface area contributed by atoms with E-state index in [0.29, 0.717) is 12.3 Å². The van der Waals surface area contributed by atoms with E-state index in [1.807, 2.05) is 13.8 Å². The van der Waals surface area contributed by atoms with Crippen molar-refractivity contribution in [2.24, 2.45) is 11.3 Å². The van der Waals surface area contributed by atoms with E-state index in [1.54, 1.807) is 6.92 Å². The lowest BCUT2D eigenvalue weighted by Gasteiger charge is -2.19. The third-order valence-corrected chi connectivity index (χ3v) is 1.84. The molecule has 0 spiro atoms.